The summed E-state index contributed by atoms with van der Waals surface area (Å²) < 4.78 is 0. The van der Waals surface area contributed by atoms with Gasteiger partial charge in [-0.2, -0.15) is 0 Å². The zero-order valence-corrected chi connectivity index (χ0v) is 15.1. The normalized spacial score (nSPS) is 35.0. The van der Waals surface area contributed by atoms with E-state index in [1.807, 2.05) is 0 Å². The van der Waals surface area contributed by atoms with Crippen LogP contribution in [0.3, 0.4) is 0 Å². The summed E-state index contributed by atoms with van der Waals surface area (Å²) in [6, 6.07) is 1.46. The zero-order chi connectivity index (χ0) is 15.3. The van der Waals surface area contributed by atoms with E-state index in [1.54, 1.807) is 0 Å². The van der Waals surface area contributed by atoms with Gasteiger partial charge in [0.2, 0.25) is 0 Å². The van der Waals surface area contributed by atoms with Crippen LogP contribution in [-0.2, 0) is 0 Å². The quantitative estimate of drug-likeness (QED) is 0.619. The lowest BCUT2D eigenvalue weighted by Crippen LogP contribution is -2.35. The topological polar surface area (TPSA) is 12.0 Å². The molecule has 0 saturated carbocycles. The molecule has 0 aromatic heterocycles. The molecule has 1 heterocycles. The molecule has 120 valence electrons. The van der Waals surface area contributed by atoms with Crippen LogP contribution in [0.5, 0.6) is 0 Å². The summed E-state index contributed by atoms with van der Waals surface area (Å²) in [5, 5.41) is 3.92. The van der Waals surface area contributed by atoms with E-state index in [0.29, 0.717) is 6.04 Å². The van der Waals surface area contributed by atoms with Crippen LogP contribution in [0, 0.1) is 29.6 Å². The van der Waals surface area contributed by atoms with Gasteiger partial charge in [0.25, 0.3) is 0 Å². The van der Waals surface area contributed by atoms with Gasteiger partial charge in [0.1, 0.15) is 0 Å². The maximum absolute atomic E-state index is 3.92. The fourth-order valence-corrected chi connectivity index (χ4v) is 4.84. The van der Waals surface area contributed by atoms with Crippen LogP contribution < -0.4 is 5.32 Å². The van der Waals surface area contributed by atoms with E-state index in [-0.39, 0.29) is 0 Å². The molecule has 1 fully saturated rings. The number of hydrogen-bond donors (Lipinski definition) is 1. The highest BCUT2D eigenvalue weighted by molar-refractivity contribution is 4.98. The van der Waals surface area contributed by atoms with Gasteiger partial charge in [-0.05, 0) is 49.4 Å². The average Bonchev–Trinajstić information content (AvgIpc) is 2.76. The van der Waals surface area contributed by atoms with E-state index in [0.717, 1.165) is 35.6 Å². The van der Waals surface area contributed by atoms with E-state index >= 15 is 0 Å². The standard InChI is InChI=1S/C19H39N/c1-8-12-17-18(11-4)20-15(7)19(17)16(10-3)14(6)13(5)9-2/h13-20H,8-12H2,1-7H3. The molecule has 0 radical (unpaired) electrons. The third-order valence-corrected chi connectivity index (χ3v) is 6.31. The van der Waals surface area contributed by atoms with Crippen LogP contribution in [0.15, 0.2) is 0 Å². The van der Waals surface area contributed by atoms with Gasteiger partial charge in [-0.25, -0.2) is 0 Å². The molecule has 0 amide bonds. The van der Waals surface area contributed by atoms with E-state index in [4.69, 9.17) is 0 Å². The number of rotatable bonds is 8. The van der Waals surface area contributed by atoms with Crippen molar-refractivity contribution >= 4 is 0 Å². The van der Waals surface area contributed by atoms with Gasteiger partial charge in [-0.1, -0.05) is 60.8 Å². The number of hydrogen-bond acceptors (Lipinski definition) is 1. The second-order valence-electron chi connectivity index (χ2n) is 7.32. The van der Waals surface area contributed by atoms with Crippen LogP contribution in [-0.4, -0.2) is 12.1 Å². The van der Waals surface area contributed by atoms with Crippen molar-refractivity contribution in [2.24, 2.45) is 29.6 Å². The molecule has 0 bridgehead atoms. The molecule has 7 unspecified atom stereocenters. The lowest BCUT2D eigenvalue weighted by Gasteiger charge is -2.37. The van der Waals surface area contributed by atoms with E-state index in [9.17, 15) is 0 Å². The minimum atomic E-state index is 0.702. The third kappa shape index (κ3) is 3.78. The van der Waals surface area contributed by atoms with E-state index < -0.39 is 0 Å². The van der Waals surface area contributed by atoms with Crippen molar-refractivity contribution in [2.75, 3.05) is 0 Å². The van der Waals surface area contributed by atoms with Crippen molar-refractivity contribution in [3.8, 4) is 0 Å². The van der Waals surface area contributed by atoms with Crippen molar-refractivity contribution < 1.29 is 0 Å². The maximum Gasteiger partial charge on any atom is 0.00986 e. The van der Waals surface area contributed by atoms with Crippen LogP contribution in [0.2, 0.25) is 0 Å². The van der Waals surface area contributed by atoms with Crippen LogP contribution in [0.1, 0.15) is 80.6 Å². The van der Waals surface area contributed by atoms with Crippen molar-refractivity contribution in [1.29, 1.82) is 0 Å². The Morgan fingerprint density at radius 2 is 1.65 bits per heavy atom. The fourth-order valence-electron chi connectivity index (χ4n) is 4.84. The summed E-state index contributed by atoms with van der Waals surface area (Å²) in [6.07, 6.45) is 6.70. The van der Waals surface area contributed by atoms with Gasteiger partial charge in [0.15, 0.2) is 0 Å². The molecule has 1 N–H and O–H groups in total. The fraction of sp³-hybridized carbons (Fsp3) is 1.00. The first kappa shape index (κ1) is 18.0. The summed E-state index contributed by atoms with van der Waals surface area (Å²) in [5.41, 5.74) is 0. The molecule has 0 aliphatic carbocycles. The van der Waals surface area contributed by atoms with Crippen molar-refractivity contribution in [2.45, 2.75) is 92.7 Å². The van der Waals surface area contributed by atoms with Gasteiger partial charge in [-0.15, -0.1) is 0 Å². The lowest BCUT2D eigenvalue weighted by atomic mass is 9.67. The molecule has 7 atom stereocenters. The smallest absolute Gasteiger partial charge is 0.00986 e. The Morgan fingerprint density at radius 3 is 2.10 bits per heavy atom. The van der Waals surface area contributed by atoms with Crippen molar-refractivity contribution in [1.82, 2.24) is 5.32 Å². The first-order valence-electron chi connectivity index (χ1n) is 9.27. The summed E-state index contributed by atoms with van der Waals surface area (Å²) in [7, 11) is 0. The third-order valence-electron chi connectivity index (χ3n) is 6.31. The maximum atomic E-state index is 3.92. The molecule has 0 aromatic rings. The molecule has 20 heavy (non-hydrogen) atoms. The Bertz CT molecular complexity index is 262. The monoisotopic (exact) mass is 281 g/mol. The molecule has 1 aliphatic heterocycles. The Balaban J connectivity index is 2.92. The van der Waals surface area contributed by atoms with E-state index in [1.165, 1.54) is 32.1 Å². The lowest BCUT2D eigenvalue weighted by molar-refractivity contribution is 0.127. The molecule has 1 heteroatoms. The minimum absolute atomic E-state index is 0.702. The molecule has 1 aliphatic rings. The highest BCUT2D eigenvalue weighted by atomic mass is 15.0. The molecular weight excluding hydrogens is 242 g/mol. The van der Waals surface area contributed by atoms with Gasteiger partial charge < -0.3 is 5.32 Å². The van der Waals surface area contributed by atoms with E-state index in [2.05, 4.69) is 53.8 Å². The largest absolute Gasteiger partial charge is 0.311 e. The predicted octanol–water partition coefficient (Wildman–Crippen LogP) is 5.50. The van der Waals surface area contributed by atoms with Crippen LogP contribution >= 0.6 is 0 Å². The molecule has 1 nitrogen and oxygen atoms in total. The predicted molar refractivity (Wildman–Crippen MR) is 91.0 cm³/mol. The SMILES string of the molecule is CCCC1C(CC)NC(C)C1C(CC)C(C)C(C)CC. The summed E-state index contributed by atoms with van der Waals surface area (Å²) in [6.45, 7) is 16.9. The molecule has 1 rings (SSSR count). The van der Waals surface area contributed by atoms with Gasteiger partial charge in [-0.3, -0.25) is 0 Å². The highest BCUT2D eigenvalue weighted by Crippen LogP contribution is 2.43. The molecule has 1 saturated heterocycles. The van der Waals surface area contributed by atoms with Crippen molar-refractivity contribution in [3.63, 3.8) is 0 Å². The van der Waals surface area contributed by atoms with Gasteiger partial charge in [0.05, 0.1) is 0 Å². The van der Waals surface area contributed by atoms with Gasteiger partial charge in [0, 0.05) is 12.1 Å². The summed E-state index contributed by atoms with van der Waals surface area (Å²) >= 11 is 0. The Kier molecular flexibility index (Phi) is 7.58. The first-order chi connectivity index (χ1) is 9.51. The Morgan fingerprint density at radius 1 is 1.00 bits per heavy atom. The van der Waals surface area contributed by atoms with Gasteiger partial charge >= 0.3 is 0 Å². The van der Waals surface area contributed by atoms with Crippen molar-refractivity contribution in [3.05, 3.63) is 0 Å². The minimum Gasteiger partial charge on any atom is -0.311 e. The van der Waals surface area contributed by atoms with Crippen LogP contribution in [0.25, 0.3) is 0 Å². The zero-order valence-electron chi connectivity index (χ0n) is 15.1. The molecule has 0 spiro atoms. The summed E-state index contributed by atoms with van der Waals surface area (Å²) in [5.74, 6) is 4.38. The Hall–Kier alpha value is -0.0400. The second kappa shape index (κ2) is 8.41. The average molecular weight is 282 g/mol. The highest BCUT2D eigenvalue weighted by Gasteiger charge is 2.44. The summed E-state index contributed by atoms with van der Waals surface area (Å²) in [4.78, 5) is 0. The van der Waals surface area contributed by atoms with Crippen LogP contribution in [0.4, 0.5) is 0 Å². The molecular formula is C19H39N. The second-order valence-corrected chi connectivity index (χ2v) is 7.32. The first-order valence-corrected chi connectivity index (χ1v) is 9.27. The molecule has 0 aromatic carbocycles. The number of nitrogens with one attached hydrogen (secondary N) is 1. The Labute approximate surface area is 128 Å².